The quantitative estimate of drug-likeness (QED) is 0.0296. The van der Waals surface area contributed by atoms with E-state index in [1.54, 1.807) is 0 Å². The van der Waals surface area contributed by atoms with Gasteiger partial charge in [-0.2, -0.15) is 0 Å². The normalized spacial score (nSPS) is 13.9. The predicted molar refractivity (Wildman–Crippen MR) is 185 cm³/mol. The highest BCUT2D eigenvalue weighted by Gasteiger charge is 2.22. The molecule has 0 aromatic carbocycles. The molecular formula is C36H63O9P. The van der Waals surface area contributed by atoms with Crippen molar-refractivity contribution < 1.29 is 43.0 Å². The first-order valence-corrected chi connectivity index (χ1v) is 18.9. The van der Waals surface area contributed by atoms with E-state index in [0.717, 1.165) is 63.7 Å². The van der Waals surface area contributed by atoms with Crippen molar-refractivity contribution in [1.82, 2.24) is 0 Å². The molecule has 0 fully saturated rings. The predicted octanol–water partition coefficient (Wildman–Crippen LogP) is 8.83. The molecule has 0 aliphatic heterocycles. The molecule has 3 N–H and O–H groups in total. The molecule has 0 aliphatic rings. The minimum atomic E-state index is -4.76. The molecule has 0 bridgehead atoms. The molecule has 266 valence electrons. The number of hydrogen-bond donors (Lipinski definition) is 3. The largest absolute Gasteiger partial charge is 0.469 e. The summed E-state index contributed by atoms with van der Waals surface area (Å²) in [6.07, 6.45) is 30.9. The summed E-state index contributed by atoms with van der Waals surface area (Å²) in [5.41, 5.74) is 0. The van der Waals surface area contributed by atoms with Gasteiger partial charge in [0.05, 0.1) is 12.7 Å². The first kappa shape index (κ1) is 44.0. The van der Waals surface area contributed by atoms with Crippen LogP contribution in [0.2, 0.25) is 0 Å². The standard InChI is InChI=1S/C36H63O9P/c1-4-33(37)27-23-19-15-11-9-7-5-6-8-10-12-16-20-24-28-35(38)43-30-34(31-44-46(40,41)42)45-36(39)29-25-21-17-13-14-18-22-26-32(2)3/h6-9,12,15-16,19,32-34,37H,4-5,10-11,13-14,17-18,20-31H2,1-3H3,(H2,40,41,42)/b8-6-,9-7-,16-12-,19-15-/t33-,34+/m0/s1. The molecule has 46 heavy (non-hydrogen) atoms. The van der Waals surface area contributed by atoms with Crippen LogP contribution in [0, 0.1) is 5.92 Å². The topological polar surface area (TPSA) is 140 Å². The Bertz CT molecular complexity index is 920. The highest BCUT2D eigenvalue weighted by atomic mass is 31.2. The van der Waals surface area contributed by atoms with Gasteiger partial charge < -0.3 is 24.4 Å². The van der Waals surface area contributed by atoms with Crippen LogP contribution in [0.3, 0.4) is 0 Å². The summed E-state index contributed by atoms with van der Waals surface area (Å²) in [5, 5.41) is 9.52. The number of esters is 2. The van der Waals surface area contributed by atoms with Crippen molar-refractivity contribution in [2.24, 2.45) is 5.92 Å². The van der Waals surface area contributed by atoms with E-state index in [1.807, 2.05) is 19.1 Å². The van der Waals surface area contributed by atoms with Crippen LogP contribution in [-0.4, -0.2) is 52.3 Å². The van der Waals surface area contributed by atoms with Gasteiger partial charge in [0.2, 0.25) is 0 Å². The fourth-order valence-electron chi connectivity index (χ4n) is 4.41. The van der Waals surface area contributed by atoms with Gasteiger partial charge in [-0.15, -0.1) is 0 Å². The second-order valence-corrected chi connectivity index (χ2v) is 13.4. The van der Waals surface area contributed by atoms with Crippen molar-refractivity contribution in [3.63, 3.8) is 0 Å². The van der Waals surface area contributed by atoms with Gasteiger partial charge in [-0.3, -0.25) is 14.1 Å². The maximum Gasteiger partial charge on any atom is 0.469 e. The van der Waals surface area contributed by atoms with Gasteiger partial charge in [-0.25, -0.2) is 4.57 Å². The molecule has 0 rings (SSSR count). The zero-order valence-electron chi connectivity index (χ0n) is 28.7. The number of hydrogen-bond acceptors (Lipinski definition) is 7. The van der Waals surface area contributed by atoms with Gasteiger partial charge in [0, 0.05) is 12.8 Å². The Kier molecular flexibility index (Phi) is 29.0. The van der Waals surface area contributed by atoms with Crippen LogP contribution in [-0.2, 0) is 28.2 Å². The summed E-state index contributed by atoms with van der Waals surface area (Å²) in [6.45, 7) is 5.57. The van der Waals surface area contributed by atoms with E-state index < -0.39 is 32.5 Å². The third-order valence-corrected chi connectivity index (χ3v) is 7.68. The van der Waals surface area contributed by atoms with Gasteiger partial charge in [-0.05, 0) is 63.7 Å². The van der Waals surface area contributed by atoms with Gasteiger partial charge >= 0.3 is 19.8 Å². The van der Waals surface area contributed by atoms with Gasteiger partial charge in [-0.1, -0.05) is 114 Å². The second-order valence-electron chi connectivity index (χ2n) is 12.1. The van der Waals surface area contributed by atoms with Crippen molar-refractivity contribution in [2.75, 3.05) is 13.2 Å². The Morgan fingerprint density at radius 1 is 0.674 bits per heavy atom. The third-order valence-electron chi connectivity index (χ3n) is 7.19. The molecule has 0 spiro atoms. The van der Waals surface area contributed by atoms with E-state index in [2.05, 4.69) is 54.8 Å². The highest BCUT2D eigenvalue weighted by Crippen LogP contribution is 2.35. The van der Waals surface area contributed by atoms with Crippen LogP contribution in [0.15, 0.2) is 48.6 Å². The number of carbonyl (C=O) groups excluding carboxylic acids is 2. The van der Waals surface area contributed by atoms with Crippen LogP contribution in [0.4, 0.5) is 0 Å². The summed E-state index contributed by atoms with van der Waals surface area (Å²) in [7, 11) is -4.76. The Morgan fingerprint density at radius 2 is 1.20 bits per heavy atom. The second kappa shape index (κ2) is 30.3. The summed E-state index contributed by atoms with van der Waals surface area (Å²) in [4.78, 5) is 42.5. The average Bonchev–Trinajstić information content (AvgIpc) is 3.00. The number of allylic oxidation sites excluding steroid dienone is 8. The van der Waals surface area contributed by atoms with E-state index in [1.165, 1.54) is 25.7 Å². The molecule has 0 aromatic heterocycles. The lowest BCUT2D eigenvalue weighted by molar-refractivity contribution is -0.161. The van der Waals surface area contributed by atoms with Gasteiger partial charge in [0.1, 0.15) is 6.61 Å². The Hall–Kier alpha value is -2.03. The molecule has 0 saturated carbocycles. The van der Waals surface area contributed by atoms with E-state index in [-0.39, 0.29) is 25.6 Å². The van der Waals surface area contributed by atoms with Crippen molar-refractivity contribution in [2.45, 2.75) is 149 Å². The molecule has 0 aliphatic carbocycles. The number of unbranched alkanes of at least 4 members (excludes halogenated alkanes) is 7. The first-order chi connectivity index (χ1) is 22.0. The highest BCUT2D eigenvalue weighted by molar-refractivity contribution is 7.46. The SMILES string of the molecule is CC[C@H](O)CC/C=C\C/C=C\C/C=C\C/C=C\CCCC(=O)OC[C@H](COP(=O)(O)O)OC(=O)CCCCCCCCCC(C)C. The fraction of sp³-hybridized carbons (Fsp3) is 0.722. The molecule has 0 saturated heterocycles. The zero-order chi connectivity index (χ0) is 34.3. The van der Waals surface area contributed by atoms with Crippen LogP contribution in [0.1, 0.15) is 136 Å². The molecule has 10 heteroatoms. The fourth-order valence-corrected chi connectivity index (χ4v) is 4.77. The van der Waals surface area contributed by atoms with Crippen LogP contribution in [0.5, 0.6) is 0 Å². The van der Waals surface area contributed by atoms with E-state index in [0.29, 0.717) is 19.3 Å². The lowest BCUT2D eigenvalue weighted by Crippen LogP contribution is -2.29. The molecule has 0 radical (unpaired) electrons. The summed E-state index contributed by atoms with van der Waals surface area (Å²) in [5.74, 6) is -0.235. The van der Waals surface area contributed by atoms with Crippen LogP contribution in [0.25, 0.3) is 0 Å². The van der Waals surface area contributed by atoms with Crippen molar-refractivity contribution in [3.8, 4) is 0 Å². The average molecular weight is 671 g/mol. The van der Waals surface area contributed by atoms with Crippen LogP contribution < -0.4 is 0 Å². The maximum atomic E-state index is 12.3. The van der Waals surface area contributed by atoms with Gasteiger partial charge in [0.15, 0.2) is 6.10 Å². The molecule has 0 aromatic rings. The van der Waals surface area contributed by atoms with Gasteiger partial charge in [0.25, 0.3) is 0 Å². The van der Waals surface area contributed by atoms with Crippen molar-refractivity contribution >= 4 is 19.8 Å². The zero-order valence-corrected chi connectivity index (χ0v) is 29.6. The monoisotopic (exact) mass is 670 g/mol. The number of aliphatic hydroxyl groups is 1. The smallest absolute Gasteiger partial charge is 0.462 e. The lowest BCUT2D eigenvalue weighted by atomic mass is 10.0. The Balaban J connectivity index is 4.12. The Morgan fingerprint density at radius 3 is 1.76 bits per heavy atom. The number of phosphoric acid groups is 1. The molecular weight excluding hydrogens is 607 g/mol. The summed E-state index contributed by atoms with van der Waals surface area (Å²) in [6, 6.07) is 0. The van der Waals surface area contributed by atoms with Crippen LogP contribution >= 0.6 is 7.82 Å². The first-order valence-electron chi connectivity index (χ1n) is 17.4. The minimum Gasteiger partial charge on any atom is -0.462 e. The Labute approximate surface area is 278 Å². The van der Waals surface area contributed by atoms with E-state index >= 15 is 0 Å². The lowest BCUT2D eigenvalue weighted by Gasteiger charge is -2.18. The molecule has 2 atom stereocenters. The maximum absolute atomic E-state index is 12.3. The van der Waals surface area contributed by atoms with Crippen molar-refractivity contribution in [3.05, 3.63) is 48.6 Å². The number of ether oxygens (including phenoxy) is 2. The summed E-state index contributed by atoms with van der Waals surface area (Å²) >= 11 is 0. The number of phosphoric ester groups is 1. The third kappa shape index (κ3) is 33.3. The van der Waals surface area contributed by atoms with E-state index in [9.17, 15) is 19.3 Å². The van der Waals surface area contributed by atoms with E-state index in [4.69, 9.17) is 19.3 Å². The molecule has 0 amide bonds. The number of rotatable bonds is 30. The van der Waals surface area contributed by atoms with Crippen molar-refractivity contribution in [1.29, 1.82) is 0 Å². The molecule has 9 nitrogen and oxygen atoms in total. The number of aliphatic hydroxyl groups excluding tert-OH is 1. The molecule has 0 unspecified atom stereocenters. The number of carbonyl (C=O) groups is 2. The summed E-state index contributed by atoms with van der Waals surface area (Å²) < 4.78 is 26.1. The minimum absolute atomic E-state index is 0.177. The molecule has 0 heterocycles.